The average Bonchev–Trinajstić information content (AvgIpc) is 2.63. The zero-order chi connectivity index (χ0) is 12.0. The summed E-state index contributed by atoms with van der Waals surface area (Å²) in [6.07, 6.45) is 4.47. The van der Waals surface area contributed by atoms with Crippen molar-refractivity contribution in [3.8, 4) is 0 Å². The first kappa shape index (κ1) is 12.5. The molecule has 1 unspecified atom stereocenters. The maximum absolute atomic E-state index is 11.6. The molecule has 1 rings (SSSR count). The summed E-state index contributed by atoms with van der Waals surface area (Å²) in [7, 11) is 0. The maximum Gasteiger partial charge on any atom is 0.241 e. The van der Waals surface area contributed by atoms with Crippen molar-refractivity contribution in [1.29, 1.82) is 0 Å². The van der Waals surface area contributed by atoms with Crippen LogP contribution in [0.5, 0.6) is 0 Å². The number of nitrogens with one attached hydrogen (secondary N) is 1. The van der Waals surface area contributed by atoms with E-state index in [0.29, 0.717) is 12.1 Å². The van der Waals surface area contributed by atoms with Crippen LogP contribution in [0, 0.1) is 0 Å². The van der Waals surface area contributed by atoms with Crippen LogP contribution in [0.15, 0.2) is 12.4 Å². The molecule has 0 aliphatic rings. The Kier molecular flexibility index (Phi) is 4.78. The number of hydrogen-bond acceptors (Lipinski definition) is 4. The van der Waals surface area contributed by atoms with Crippen molar-refractivity contribution >= 4 is 11.6 Å². The van der Waals surface area contributed by atoms with Gasteiger partial charge in [-0.05, 0) is 12.8 Å². The van der Waals surface area contributed by atoms with Gasteiger partial charge in [-0.1, -0.05) is 6.92 Å². The Morgan fingerprint density at radius 1 is 1.75 bits per heavy atom. The summed E-state index contributed by atoms with van der Waals surface area (Å²) in [5.74, 6) is -0.122. The fraction of sp³-hybridized carbons (Fsp3) is 0.600. The van der Waals surface area contributed by atoms with Crippen molar-refractivity contribution in [1.82, 2.24) is 15.1 Å². The average molecular weight is 226 g/mol. The quantitative estimate of drug-likeness (QED) is 0.623. The van der Waals surface area contributed by atoms with Crippen molar-refractivity contribution < 1.29 is 9.90 Å². The van der Waals surface area contributed by atoms with Crippen LogP contribution in [-0.4, -0.2) is 33.4 Å². The van der Waals surface area contributed by atoms with Crippen molar-refractivity contribution in [2.75, 3.05) is 12.3 Å². The molecule has 6 heteroatoms. The Labute approximate surface area is 94.4 Å². The molecule has 16 heavy (non-hydrogen) atoms. The first-order chi connectivity index (χ1) is 7.65. The number of aromatic nitrogens is 2. The second kappa shape index (κ2) is 6.12. The fourth-order valence-corrected chi connectivity index (χ4v) is 1.42. The highest BCUT2D eigenvalue weighted by Crippen LogP contribution is 1.99. The number of nitrogens with zero attached hydrogens (tertiary/aromatic N) is 2. The monoisotopic (exact) mass is 226 g/mol. The number of aliphatic hydroxyl groups is 1. The number of carbonyl (C=O) groups is 1. The normalized spacial score (nSPS) is 12.4. The fourth-order valence-electron chi connectivity index (χ4n) is 1.42. The number of hydrogen-bond donors (Lipinski definition) is 3. The van der Waals surface area contributed by atoms with Gasteiger partial charge < -0.3 is 16.2 Å². The van der Waals surface area contributed by atoms with E-state index in [-0.39, 0.29) is 25.1 Å². The van der Waals surface area contributed by atoms with Gasteiger partial charge >= 0.3 is 0 Å². The highest BCUT2D eigenvalue weighted by atomic mass is 16.3. The molecule has 1 heterocycles. The van der Waals surface area contributed by atoms with Crippen molar-refractivity contribution in [2.45, 2.75) is 32.4 Å². The van der Waals surface area contributed by atoms with E-state index in [1.807, 2.05) is 6.92 Å². The molecule has 0 radical (unpaired) electrons. The summed E-state index contributed by atoms with van der Waals surface area (Å²) in [6, 6.07) is 0.0189. The van der Waals surface area contributed by atoms with E-state index in [1.165, 1.54) is 10.9 Å². The van der Waals surface area contributed by atoms with Crippen LogP contribution < -0.4 is 11.1 Å². The lowest BCUT2D eigenvalue weighted by Gasteiger charge is -2.15. The smallest absolute Gasteiger partial charge is 0.241 e. The summed E-state index contributed by atoms with van der Waals surface area (Å²) < 4.78 is 1.48. The van der Waals surface area contributed by atoms with Crippen LogP contribution in [0.2, 0.25) is 0 Å². The molecule has 1 atom stereocenters. The molecule has 0 saturated carbocycles. The number of nitrogen functional groups attached to an aromatic ring is 1. The third-order valence-electron chi connectivity index (χ3n) is 2.29. The zero-order valence-corrected chi connectivity index (χ0v) is 9.39. The number of anilines is 1. The second-order valence-electron chi connectivity index (χ2n) is 3.66. The largest absolute Gasteiger partial charge is 0.396 e. The molecule has 0 aromatic carbocycles. The molecule has 0 spiro atoms. The van der Waals surface area contributed by atoms with Crippen LogP contribution in [0.4, 0.5) is 5.69 Å². The second-order valence-corrected chi connectivity index (χ2v) is 3.66. The van der Waals surface area contributed by atoms with Crippen LogP contribution in [0.1, 0.15) is 19.8 Å². The standard InChI is InChI=1S/C10H18N4O2/c1-2-9(3-4-15)13-10(16)7-14-6-8(11)5-12-14/h5-6,9,15H,2-4,7,11H2,1H3,(H,13,16). The van der Waals surface area contributed by atoms with Crippen LogP contribution in [0.25, 0.3) is 0 Å². The van der Waals surface area contributed by atoms with E-state index in [4.69, 9.17) is 10.8 Å². The van der Waals surface area contributed by atoms with Gasteiger partial charge in [-0.15, -0.1) is 0 Å². The molecule has 0 aliphatic heterocycles. The summed E-state index contributed by atoms with van der Waals surface area (Å²) in [6.45, 7) is 2.19. The SMILES string of the molecule is CCC(CCO)NC(=O)Cn1cc(N)cn1. The van der Waals surface area contributed by atoms with Gasteiger partial charge in [0.2, 0.25) is 5.91 Å². The minimum absolute atomic E-state index is 0.0189. The first-order valence-corrected chi connectivity index (χ1v) is 5.33. The molecule has 1 aromatic heterocycles. The third-order valence-corrected chi connectivity index (χ3v) is 2.29. The molecule has 0 fully saturated rings. The summed E-state index contributed by atoms with van der Waals surface area (Å²) >= 11 is 0. The number of amides is 1. The minimum atomic E-state index is -0.122. The van der Waals surface area contributed by atoms with E-state index in [1.54, 1.807) is 6.20 Å². The lowest BCUT2D eigenvalue weighted by Crippen LogP contribution is -2.37. The number of nitrogens with two attached hydrogens (primary N) is 1. The highest BCUT2D eigenvalue weighted by molar-refractivity contribution is 5.76. The minimum Gasteiger partial charge on any atom is -0.396 e. The molecule has 4 N–H and O–H groups in total. The molecular weight excluding hydrogens is 208 g/mol. The van der Waals surface area contributed by atoms with Crippen LogP contribution in [0.3, 0.4) is 0 Å². The Morgan fingerprint density at radius 2 is 2.50 bits per heavy atom. The number of rotatable bonds is 6. The van der Waals surface area contributed by atoms with Crippen molar-refractivity contribution in [2.24, 2.45) is 0 Å². The van der Waals surface area contributed by atoms with Gasteiger partial charge in [0.05, 0.1) is 11.9 Å². The lowest BCUT2D eigenvalue weighted by atomic mass is 10.1. The summed E-state index contributed by atoms with van der Waals surface area (Å²) in [5, 5.41) is 15.5. The van der Waals surface area contributed by atoms with Crippen LogP contribution in [-0.2, 0) is 11.3 Å². The number of aliphatic hydroxyl groups excluding tert-OH is 1. The molecule has 0 saturated heterocycles. The predicted octanol–water partition coefficient (Wildman–Crippen LogP) is -0.257. The van der Waals surface area contributed by atoms with E-state index in [9.17, 15) is 4.79 Å². The third kappa shape index (κ3) is 3.90. The summed E-state index contributed by atoms with van der Waals surface area (Å²) in [4.78, 5) is 11.6. The lowest BCUT2D eigenvalue weighted by molar-refractivity contribution is -0.122. The van der Waals surface area contributed by atoms with Gasteiger partial charge in [-0.3, -0.25) is 9.48 Å². The first-order valence-electron chi connectivity index (χ1n) is 5.33. The maximum atomic E-state index is 11.6. The molecule has 1 aromatic rings. The van der Waals surface area contributed by atoms with E-state index < -0.39 is 0 Å². The van der Waals surface area contributed by atoms with Crippen molar-refractivity contribution in [3.63, 3.8) is 0 Å². The van der Waals surface area contributed by atoms with E-state index in [2.05, 4.69) is 10.4 Å². The Bertz CT molecular complexity index is 337. The Balaban J connectivity index is 2.40. The van der Waals surface area contributed by atoms with E-state index >= 15 is 0 Å². The Hall–Kier alpha value is -1.56. The van der Waals surface area contributed by atoms with Gasteiger partial charge in [0, 0.05) is 18.8 Å². The molecule has 0 aliphatic carbocycles. The van der Waals surface area contributed by atoms with Crippen molar-refractivity contribution in [3.05, 3.63) is 12.4 Å². The Morgan fingerprint density at radius 3 is 3.00 bits per heavy atom. The summed E-state index contributed by atoms with van der Waals surface area (Å²) in [5.41, 5.74) is 6.02. The molecule has 0 bridgehead atoms. The van der Waals surface area contributed by atoms with Gasteiger partial charge in [0.1, 0.15) is 6.54 Å². The van der Waals surface area contributed by atoms with Gasteiger partial charge in [-0.25, -0.2) is 0 Å². The molecular formula is C10H18N4O2. The number of carbonyl (C=O) groups excluding carboxylic acids is 1. The molecule has 6 nitrogen and oxygen atoms in total. The molecule has 90 valence electrons. The predicted molar refractivity (Wildman–Crippen MR) is 60.6 cm³/mol. The van der Waals surface area contributed by atoms with Gasteiger partial charge in [0.15, 0.2) is 0 Å². The topological polar surface area (TPSA) is 93.2 Å². The highest BCUT2D eigenvalue weighted by Gasteiger charge is 2.10. The van der Waals surface area contributed by atoms with Gasteiger partial charge in [-0.2, -0.15) is 5.10 Å². The van der Waals surface area contributed by atoms with E-state index in [0.717, 1.165) is 6.42 Å². The zero-order valence-electron chi connectivity index (χ0n) is 9.39. The van der Waals surface area contributed by atoms with Crippen LogP contribution >= 0.6 is 0 Å². The van der Waals surface area contributed by atoms with Gasteiger partial charge in [0.25, 0.3) is 0 Å². The molecule has 1 amide bonds.